The van der Waals surface area contributed by atoms with Crippen LogP contribution in [0.25, 0.3) is 16.7 Å². The first-order valence-corrected chi connectivity index (χ1v) is 10.5. The molecule has 0 fully saturated rings. The van der Waals surface area contributed by atoms with E-state index in [-0.39, 0.29) is 5.91 Å². The van der Waals surface area contributed by atoms with Crippen LogP contribution in [0.5, 0.6) is 0 Å². The van der Waals surface area contributed by atoms with E-state index in [9.17, 15) is 4.79 Å². The first-order valence-electron chi connectivity index (χ1n) is 9.31. The maximum Gasteiger partial charge on any atom is 0.261 e. The molecule has 154 valence electrons. The molecule has 0 atom stereocenters. The first-order chi connectivity index (χ1) is 14.6. The fourth-order valence-electron chi connectivity index (χ4n) is 3.03. The van der Waals surface area contributed by atoms with Crippen molar-refractivity contribution in [2.75, 3.05) is 25.6 Å². The van der Waals surface area contributed by atoms with Crippen LogP contribution < -0.4 is 10.6 Å². The van der Waals surface area contributed by atoms with Gasteiger partial charge in [-0.2, -0.15) is 5.10 Å². The number of pyridine rings is 1. The molecule has 4 rings (SSSR count). The van der Waals surface area contributed by atoms with E-state index in [1.54, 1.807) is 18.0 Å². The minimum atomic E-state index is -0.118. The van der Waals surface area contributed by atoms with Gasteiger partial charge in [0.15, 0.2) is 0 Å². The van der Waals surface area contributed by atoms with Gasteiger partial charge in [-0.05, 0) is 37.3 Å². The monoisotopic (exact) mass is 441 g/mol. The lowest BCUT2D eigenvalue weighted by atomic mass is 10.3. The summed E-state index contributed by atoms with van der Waals surface area (Å²) in [4.78, 5) is 18.6. The number of anilines is 2. The summed E-state index contributed by atoms with van der Waals surface area (Å²) in [5, 5.41) is 11.2. The van der Waals surface area contributed by atoms with Gasteiger partial charge in [-0.3, -0.25) is 4.79 Å². The van der Waals surface area contributed by atoms with Gasteiger partial charge in [0.1, 0.15) is 11.3 Å². The van der Waals surface area contributed by atoms with Crippen molar-refractivity contribution in [1.29, 1.82) is 0 Å². The Morgan fingerprint density at radius 1 is 1.27 bits per heavy atom. The number of benzene rings is 1. The maximum absolute atomic E-state index is 12.3. The average molecular weight is 442 g/mol. The molecule has 0 saturated carbocycles. The molecule has 4 aromatic rings. The number of carbonyl (C=O) groups is 1. The number of methoxy groups -OCH3 is 1. The third-order valence-electron chi connectivity index (χ3n) is 4.50. The topological polar surface area (TPSA) is 81.1 Å². The highest BCUT2D eigenvalue weighted by molar-refractivity contribution is 7.14. The highest BCUT2D eigenvalue weighted by atomic mass is 35.5. The number of carbonyl (C=O) groups excluding carboxylic acids is 1. The maximum atomic E-state index is 12.3. The molecule has 0 bridgehead atoms. The molecule has 1 amide bonds. The highest BCUT2D eigenvalue weighted by Crippen LogP contribution is 2.29. The first kappa shape index (κ1) is 20.3. The van der Waals surface area contributed by atoms with Crippen LogP contribution in [0.1, 0.15) is 14.5 Å². The van der Waals surface area contributed by atoms with Gasteiger partial charge in [0.25, 0.3) is 5.91 Å². The molecule has 0 spiro atoms. The molecule has 0 radical (unpaired) electrons. The number of halogens is 1. The second kappa shape index (κ2) is 8.83. The molecule has 30 heavy (non-hydrogen) atoms. The Kier molecular flexibility index (Phi) is 5.98. The lowest BCUT2D eigenvalue weighted by Gasteiger charge is -2.08. The largest absolute Gasteiger partial charge is 0.383 e. The number of nitrogens with one attached hydrogen (secondary N) is 2. The number of thiophene rings is 1. The third-order valence-corrected chi connectivity index (χ3v) is 5.87. The van der Waals surface area contributed by atoms with Crippen molar-refractivity contribution in [3.63, 3.8) is 0 Å². The van der Waals surface area contributed by atoms with Crippen molar-refractivity contribution >= 4 is 51.4 Å². The predicted molar refractivity (Wildman–Crippen MR) is 120 cm³/mol. The highest BCUT2D eigenvalue weighted by Gasteiger charge is 2.16. The summed E-state index contributed by atoms with van der Waals surface area (Å²) in [6.07, 6.45) is 1.71. The smallest absolute Gasteiger partial charge is 0.261 e. The molecule has 2 N–H and O–H groups in total. The Balaban J connectivity index is 1.60. The number of amides is 1. The van der Waals surface area contributed by atoms with Crippen LogP contribution in [0.4, 0.5) is 11.5 Å². The van der Waals surface area contributed by atoms with E-state index in [4.69, 9.17) is 16.3 Å². The van der Waals surface area contributed by atoms with Crippen molar-refractivity contribution < 1.29 is 9.53 Å². The molecule has 9 heteroatoms. The number of hydrogen-bond acceptors (Lipinski definition) is 6. The van der Waals surface area contributed by atoms with Gasteiger partial charge >= 0.3 is 0 Å². The van der Waals surface area contributed by atoms with Gasteiger partial charge in [-0.1, -0.05) is 23.7 Å². The van der Waals surface area contributed by atoms with Crippen LogP contribution in [0.2, 0.25) is 5.02 Å². The summed E-state index contributed by atoms with van der Waals surface area (Å²) < 4.78 is 6.78. The number of rotatable bonds is 7. The minimum absolute atomic E-state index is 0.118. The van der Waals surface area contributed by atoms with Crippen molar-refractivity contribution in [2.45, 2.75) is 6.92 Å². The average Bonchev–Trinajstić information content (AvgIpc) is 3.32. The standard InChI is InChI=1S/C21H20ClN5O2S/c1-13-18(11-19(30-13)21(28)23-9-10-29-2)27-17-7-8-20(26-16(17)12-24-27)25-15-6-4-3-5-14(15)22/h3-8,11-12H,9-10H2,1-2H3,(H,23,28)(H,25,26). The Bertz CT molecular complexity index is 1200. The van der Waals surface area contributed by atoms with E-state index in [0.29, 0.717) is 28.9 Å². The fourth-order valence-corrected chi connectivity index (χ4v) is 4.13. The zero-order valence-electron chi connectivity index (χ0n) is 16.5. The molecule has 0 saturated heterocycles. The molecule has 7 nitrogen and oxygen atoms in total. The van der Waals surface area contributed by atoms with Crippen molar-refractivity contribution in [2.24, 2.45) is 0 Å². The number of ether oxygens (including phenoxy) is 1. The van der Waals surface area contributed by atoms with Crippen LogP contribution in [0, 0.1) is 6.92 Å². The number of aromatic nitrogens is 3. The van der Waals surface area contributed by atoms with E-state index in [1.165, 1.54) is 11.3 Å². The van der Waals surface area contributed by atoms with E-state index in [0.717, 1.165) is 27.3 Å². The molecule has 3 aromatic heterocycles. The summed E-state index contributed by atoms with van der Waals surface area (Å²) >= 11 is 7.65. The van der Waals surface area contributed by atoms with Gasteiger partial charge in [-0.25, -0.2) is 9.67 Å². The van der Waals surface area contributed by atoms with Gasteiger partial charge in [-0.15, -0.1) is 11.3 Å². The van der Waals surface area contributed by atoms with Crippen molar-refractivity contribution in [3.8, 4) is 5.69 Å². The zero-order chi connectivity index (χ0) is 21.1. The van der Waals surface area contributed by atoms with Crippen molar-refractivity contribution in [1.82, 2.24) is 20.1 Å². The van der Waals surface area contributed by atoms with Gasteiger partial charge < -0.3 is 15.4 Å². The lowest BCUT2D eigenvalue weighted by Crippen LogP contribution is -2.26. The molecular formula is C21H20ClN5O2S. The Hall–Kier alpha value is -2.94. The number of nitrogens with zero attached hydrogens (tertiary/aromatic N) is 3. The second-order valence-corrected chi connectivity index (χ2v) is 8.23. The number of hydrogen-bond donors (Lipinski definition) is 2. The van der Waals surface area contributed by atoms with Crippen LogP contribution in [-0.2, 0) is 4.74 Å². The Labute approximate surface area is 182 Å². The summed E-state index contributed by atoms with van der Waals surface area (Å²) in [5.74, 6) is 0.558. The minimum Gasteiger partial charge on any atom is -0.383 e. The van der Waals surface area contributed by atoms with E-state index in [1.807, 2.05) is 49.4 Å². The Morgan fingerprint density at radius 2 is 2.10 bits per heavy atom. The van der Waals surface area contributed by atoms with Crippen LogP contribution >= 0.6 is 22.9 Å². The quantitative estimate of drug-likeness (QED) is 0.411. The fraction of sp³-hybridized carbons (Fsp3) is 0.190. The summed E-state index contributed by atoms with van der Waals surface area (Å²) in [6, 6.07) is 13.2. The van der Waals surface area contributed by atoms with Crippen LogP contribution in [0.15, 0.2) is 48.7 Å². The predicted octanol–water partition coefficient (Wildman–Crippen LogP) is 4.56. The number of aryl methyl sites for hydroxylation is 1. The summed E-state index contributed by atoms with van der Waals surface area (Å²) in [7, 11) is 1.60. The molecular weight excluding hydrogens is 422 g/mol. The van der Waals surface area contributed by atoms with Crippen LogP contribution in [0.3, 0.4) is 0 Å². The lowest BCUT2D eigenvalue weighted by molar-refractivity contribution is 0.0941. The van der Waals surface area contributed by atoms with Gasteiger partial charge in [0.05, 0.1) is 39.6 Å². The van der Waals surface area contributed by atoms with E-state index < -0.39 is 0 Å². The van der Waals surface area contributed by atoms with Crippen molar-refractivity contribution in [3.05, 3.63) is 63.4 Å². The van der Waals surface area contributed by atoms with E-state index >= 15 is 0 Å². The molecule has 0 aliphatic carbocycles. The van der Waals surface area contributed by atoms with Gasteiger partial charge in [0, 0.05) is 18.5 Å². The number of para-hydroxylation sites is 1. The molecule has 1 aromatic carbocycles. The zero-order valence-corrected chi connectivity index (χ0v) is 18.0. The third kappa shape index (κ3) is 4.16. The summed E-state index contributed by atoms with van der Waals surface area (Å²) in [5.41, 5.74) is 3.24. The SMILES string of the molecule is COCCNC(=O)c1cc(-n2ncc3nc(Nc4ccccc4Cl)ccc32)c(C)s1. The van der Waals surface area contributed by atoms with E-state index in [2.05, 4.69) is 20.7 Å². The molecule has 0 unspecified atom stereocenters. The molecule has 0 aliphatic heterocycles. The normalized spacial score (nSPS) is 11.0. The molecule has 3 heterocycles. The van der Waals surface area contributed by atoms with Crippen LogP contribution in [-0.4, -0.2) is 40.9 Å². The summed E-state index contributed by atoms with van der Waals surface area (Å²) in [6.45, 7) is 2.92. The Morgan fingerprint density at radius 3 is 2.90 bits per heavy atom. The molecule has 0 aliphatic rings. The van der Waals surface area contributed by atoms with Gasteiger partial charge in [0.2, 0.25) is 0 Å². The number of fused-ring (bicyclic) bond motifs is 1. The second-order valence-electron chi connectivity index (χ2n) is 6.56.